The second-order valence-electron chi connectivity index (χ2n) is 14.4. The smallest absolute Gasteiger partial charge is 0.146 e. The Morgan fingerprint density at radius 3 is 2.50 bits per heavy atom. The van der Waals surface area contributed by atoms with Gasteiger partial charge in [-0.15, -0.1) is 0 Å². The van der Waals surface area contributed by atoms with Crippen LogP contribution in [0.4, 0.5) is 0 Å². The minimum absolute atomic E-state index is 0.377. The van der Waals surface area contributed by atoms with Crippen molar-refractivity contribution >= 4 is 33.7 Å². The highest BCUT2D eigenvalue weighted by Gasteiger charge is 2.52. The fourth-order valence-corrected chi connectivity index (χ4v) is 9.11. The van der Waals surface area contributed by atoms with Crippen molar-refractivity contribution in [1.82, 2.24) is 9.55 Å². The second-order valence-corrected chi connectivity index (χ2v) is 14.4. The topological polar surface area (TPSA) is 30.2 Å². The van der Waals surface area contributed by atoms with E-state index >= 15 is 0 Å². The van der Waals surface area contributed by atoms with E-state index in [1.807, 2.05) is 25.1 Å². The molecule has 54 heavy (non-hydrogen) atoms. The van der Waals surface area contributed by atoms with Crippen LogP contribution in [0.15, 0.2) is 169 Å². The van der Waals surface area contributed by atoms with Gasteiger partial charge in [-0.2, -0.15) is 0 Å². The van der Waals surface area contributed by atoms with Crippen LogP contribution in [0.2, 0.25) is 0 Å². The van der Waals surface area contributed by atoms with Crippen molar-refractivity contribution in [3.05, 3.63) is 203 Å². The fourth-order valence-electron chi connectivity index (χ4n) is 9.11. The molecular weight excluding hydrogens is 655 g/mol. The maximum Gasteiger partial charge on any atom is 0.146 e. The summed E-state index contributed by atoms with van der Waals surface area (Å²) < 4.78 is 2.17. The summed E-state index contributed by atoms with van der Waals surface area (Å²) in [5.41, 5.74) is 18.8. The number of benzene rings is 5. The Kier molecular flexibility index (Phi) is 8.23. The van der Waals surface area contributed by atoms with Gasteiger partial charge in [0.2, 0.25) is 0 Å². The van der Waals surface area contributed by atoms with Gasteiger partial charge in [-0.05, 0) is 124 Å². The minimum Gasteiger partial charge on any atom is -0.280 e. The molecule has 0 radical (unpaired) electrons. The molecule has 262 valence electrons. The van der Waals surface area contributed by atoms with Crippen LogP contribution in [-0.4, -0.2) is 15.4 Å². The van der Waals surface area contributed by atoms with Gasteiger partial charge in [0, 0.05) is 5.56 Å². The Morgan fingerprint density at radius 2 is 1.65 bits per heavy atom. The van der Waals surface area contributed by atoms with Gasteiger partial charge in [-0.25, -0.2) is 9.98 Å². The van der Waals surface area contributed by atoms with Crippen LogP contribution in [0, 0.1) is 0 Å². The molecule has 0 N–H and O–H groups in total. The van der Waals surface area contributed by atoms with Crippen molar-refractivity contribution in [1.29, 1.82) is 0 Å². The molecule has 3 heteroatoms. The Labute approximate surface area is 318 Å². The van der Waals surface area contributed by atoms with E-state index < -0.39 is 0 Å². The molecule has 1 atom stereocenters. The summed E-state index contributed by atoms with van der Waals surface area (Å²) >= 11 is 0. The number of rotatable bonds is 7. The van der Waals surface area contributed by atoms with Crippen molar-refractivity contribution in [2.45, 2.75) is 45.4 Å². The van der Waals surface area contributed by atoms with Crippen molar-refractivity contribution in [3.63, 3.8) is 0 Å². The Balaban J connectivity index is 1.19. The first kappa shape index (κ1) is 33.5. The van der Waals surface area contributed by atoms with Crippen molar-refractivity contribution in [2.24, 2.45) is 4.99 Å². The number of allylic oxidation sites excluding steroid dienone is 9. The molecule has 5 aromatic carbocycles. The number of nitrogens with zero attached hydrogens (tertiary/aromatic N) is 3. The summed E-state index contributed by atoms with van der Waals surface area (Å²) in [6.45, 7) is 14.9. The monoisotopic (exact) mass is 697 g/mol. The normalized spacial score (nSPS) is 17.3. The van der Waals surface area contributed by atoms with E-state index in [-0.39, 0.29) is 5.41 Å². The highest BCUT2D eigenvalue weighted by atomic mass is 15.1. The zero-order chi connectivity index (χ0) is 37.0. The first-order valence-electron chi connectivity index (χ1n) is 19.0. The van der Waals surface area contributed by atoms with Crippen LogP contribution in [0.1, 0.15) is 72.6 Å². The average molecular weight is 698 g/mol. The maximum atomic E-state index is 5.27. The molecule has 0 aliphatic heterocycles. The molecule has 0 saturated carbocycles. The lowest BCUT2D eigenvalue weighted by atomic mass is 9.68. The molecule has 6 aromatic rings. The van der Waals surface area contributed by atoms with Gasteiger partial charge < -0.3 is 0 Å². The van der Waals surface area contributed by atoms with Crippen LogP contribution in [0.3, 0.4) is 0 Å². The molecule has 3 aliphatic carbocycles. The van der Waals surface area contributed by atoms with Crippen LogP contribution in [0.5, 0.6) is 0 Å². The van der Waals surface area contributed by atoms with Crippen LogP contribution in [0.25, 0.3) is 50.4 Å². The maximum absolute atomic E-state index is 5.27. The zero-order valence-electron chi connectivity index (χ0n) is 31.2. The summed E-state index contributed by atoms with van der Waals surface area (Å²) in [6, 6.07) is 39.9. The molecule has 0 amide bonds. The van der Waals surface area contributed by atoms with Gasteiger partial charge in [-0.3, -0.25) is 4.57 Å². The highest BCUT2D eigenvalue weighted by Crippen LogP contribution is 2.63. The minimum atomic E-state index is -0.377. The number of aliphatic imine (C=N–C) groups is 1. The lowest BCUT2D eigenvalue weighted by molar-refractivity contribution is 0.778. The third-order valence-electron chi connectivity index (χ3n) is 11.5. The van der Waals surface area contributed by atoms with E-state index in [2.05, 4.69) is 159 Å². The summed E-state index contributed by atoms with van der Waals surface area (Å²) in [6.07, 6.45) is 15.9. The summed E-state index contributed by atoms with van der Waals surface area (Å²) in [4.78, 5) is 10.4. The van der Waals surface area contributed by atoms with Gasteiger partial charge in [0.25, 0.3) is 0 Å². The number of fused-ring (bicyclic) bond motifs is 10. The van der Waals surface area contributed by atoms with Gasteiger partial charge in [0.05, 0.1) is 22.1 Å². The largest absolute Gasteiger partial charge is 0.280 e. The van der Waals surface area contributed by atoms with Crippen molar-refractivity contribution in [2.75, 3.05) is 0 Å². The predicted octanol–water partition coefficient (Wildman–Crippen LogP) is 12.8. The van der Waals surface area contributed by atoms with E-state index in [0.29, 0.717) is 0 Å². The molecule has 1 spiro atoms. The third-order valence-corrected chi connectivity index (χ3v) is 11.5. The average Bonchev–Trinajstić information content (AvgIpc) is 3.85. The molecule has 1 heterocycles. The second kappa shape index (κ2) is 13.3. The van der Waals surface area contributed by atoms with Crippen LogP contribution < -0.4 is 0 Å². The van der Waals surface area contributed by atoms with Gasteiger partial charge >= 0.3 is 0 Å². The molecule has 1 aromatic heterocycles. The van der Waals surface area contributed by atoms with E-state index in [1.165, 1.54) is 50.1 Å². The van der Waals surface area contributed by atoms with Gasteiger partial charge in [0.15, 0.2) is 0 Å². The summed E-state index contributed by atoms with van der Waals surface area (Å²) in [7, 11) is 0. The van der Waals surface area contributed by atoms with Crippen molar-refractivity contribution < 1.29 is 0 Å². The fraction of sp³-hybridized carbons (Fsp3) is 0.137. The molecule has 0 fully saturated rings. The number of hydrogen-bond acceptors (Lipinski definition) is 2. The SMILES string of the molecule is C=C/C=C(\C=C/C)c1cccc(-c2nc3ccccc3n2C(C)=NC(=C)c2ccc3c(c2)C2(C4=C(CCC=C4)c4ccc(CC)cc42)c2ccccc2-3)c1. The molecule has 1 unspecified atom stereocenters. The van der Waals surface area contributed by atoms with Crippen LogP contribution in [-0.2, 0) is 11.8 Å². The summed E-state index contributed by atoms with van der Waals surface area (Å²) in [5, 5.41) is 0. The van der Waals surface area contributed by atoms with Gasteiger partial charge in [0.1, 0.15) is 11.7 Å². The summed E-state index contributed by atoms with van der Waals surface area (Å²) in [5.74, 6) is 1.65. The van der Waals surface area contributed by atoms with E-state index in [4.69, 9.17) is 9.98 Å². The van der Waals surface area contributed by atoms with E-state index in [9.17, 15) is 0 Å². The Bertz CT molecular complexity index is 2700. The molecule has 3 nitrogen and oxygen atoms in total. The van der Waals surface area contributed by atoms with Crippen LogP contribution >= 0.6 is 0 Å². The molecular formula is C51H43N3. The Hall–Kier alpha value is -6.32. The molecule has 9 rings (SSSR count). The lowest BCUT2D eigenvalue weighted by Crippen LogP contribution is -2.27. The number of hydrogen-bond donors (Lipinski definition) is 0. The molecule has 3 aliphatic rings. The predicted molar refractivity (Wildman–Crippen MR) is 229 cm³/mol. The number of aromatic nitrogens is 2. The van der Waals surface area contributed by atoms with Crippen molar-refractivity contribution in [3.8, 4) is 22.5 Å². The van der Waals surface area contributed by atoms with Gasteiger partial charge in [-0.1, -0.05) is 141 Å². The first-order chi connectivity index (χ1) is 26.5. The molecule has 0 bridgehead atoms. The van der Waals surface area contributed by atoms with E-state index in [1.54, 1.807) is 0 Å². The molecule has 0 saturated heterocycles. The first-order valence-corrected chi connectivity index (χ1v) is 19.0. The quantitative estimate of drug-likeness (QED) is 0.0928. The van der Waals surface area contributed by atoms with E-state index in [0.717, 1.165) is 69.9 Å². The lowest BCUT2D eigenvalue weighted by Gasteiger charge is -2.32. The third kappa shape index (κ3) is 5.03. The zero-order valence-corrected chi connectivity index (χ0v) is 31.2. The number of imidazole rings is 1. The standard InChI is InChI=1S/C51H43N3/c1-6-16-36(17-7-2)38-18-15-19-39(31-38)50-53-48-24-13-14-25-49(48)54(50)34(5)52-33(4)37-27-29-43-41-21-10-12-23-45(41)51(47(43)32-37)44-22-11-9-20-40(44)42-28-26-35(8-3)30-46(42)51/h6-7,10-19,21-32H,1,4,8-9,20H2,2-3,5H3/b17-7-,36-16+,52-34?. The number of para-hydroxylation sites is 2. The highest BCUT2D eigenvalue weighted by molar-refractivity contribution is 6.00. The Morgan fingerprint density at radius 1 is 0.852 bits per heavy atom. The number of aryl methyl sites for hydroxylation is 1.